The molecule has 162 valence electrons. The average Bonchev–Trinajstić information content (AvgIpc) is 2.81. The number of hydrogen-bond donors (Lipinski definition) is 0. The normalized spacial score (nSPS) is 15.6. The Morgan fingerprint density at radius 3 is 2.26 bits per heavy atom. The molecule has 1 unspecified atom stereocenters. The lowest BCUT2D eigenvalue weighted by atomic mass is 10.1. The summed E-state index contributed by atoms with van der Waals surface area (Å²) < 4.78 is 11.6. The van der Waals surface area contributed by atoms with Gasteiger partial charge in [0.25, 0.3) is 5.75 Å². The number of piperazine rings is 1. The molecule has 1 fully saturated rings. The van der Waals surface area contributed by atoms with E-state index in [2.05, 4.69) is 21.9 Å². The molecular formula is C25H26Cl2N2O2. The van der Waals surface area contributed by atoms with Crippen LogP contribution in [-0.4, -0.2) is 36.8 Å². The molecule has 1 atom stereocenters. The van der Waals surface area contributed by atoms with Crippen molar-refractivity contribution < 1.29 is 9.47 Å². The van der Waals surface area contributed by atoms with Crippen LogP contribution in [0.2, 0.25) is 5.02 Å². The maximum atomic E-state index is 6.36. The summed E-state index contributed by atoms with van der Waals surface area (Å²) in [4.78, 5) is 4.76. The third kappa shape index (κ3) is 6.14. The smallest absolute Gasteiger partial charge is 0.280 e. The third-order valence-electron chi connectivity index (χ3n) is 5.38. The van der Waals surface area contributed by atoms with E-state index in [1.54, 1.807) is 0 Å². The Kier molecular flexibility index (Phi) is 7.71. The van der Waals surface area contributed by atoms with E-state index in [9.17, 15) is 0 Å². The van der Waals surface area contributed by atoms with Gasteiger partial charge in [0, 0.05) is 38.3 Å². The van der Waals surface area contributed by atoms with Gasteiger partial charge in [-0.05, 0) is 35.4 Å². The van der Waals surface area contributed by atoms with E-state index < -0.39 is 5.75 Å². The van der Waals surface area contributed by atoms with Crippen molar-refractivity contribution in [2.45, 2.75) is 18.9 Å². The minimum Gasteiger partial charge on any atom is -0.450 e. The quantitative estimate of drug-likeness (QED) is 0.316. The first kappa shape index (κ1) is 22.0. The van der Waals surface area contributed by atoms with E-state index in [1.165, 1.54) is 0 Å². The molecule has 0 aliphatic carbocycles. The maximum absolute atomic E-state index is 6.36. The molecule has 1 aliphatic rings. The third-order valence-corrected chi connectivity index (χ3v) is 5.91. The number of nitrogens with zero attached hydrogens (tertiary/aromatic N) is 2. The van der Waals surface area contributed by atoms with Gasteiger partial charge in [0.05, 0.1) is 17.3 Å². The number of ether oxygens (including phenoxy) is 2. The fourth-order valence-corrected chi connectivity index (χ4v) is 4.13. The minimum atomic E-state index is -0.849. The number of anilines is 1. The lowest BCUT2D eigenvalue weighted by Gasteiger charge is -2.36. The van der Waals surface area contributed by atoms with Crippen molar-refractivity contribution in [1.29, 1.82) is 0 Å². The van der Waals surface area contributed by atoms with Crippen LogP contribution in [0.1, 0.15) is 11.1 Å². The summed E-state index contributed by atoms with van der Waals surface area (Å²) in [5.41, 5.74) is 3.26. The Morgan fingerprint density at radius 1 is 0.806 bits per heavy atom. The topological polar surface area (TPSA) is 24.9 Å². The molecule has 0 N–H and O–H groups in total. The molecule has 1 aliphatic heterocycles. The molecule has 4 rings (SSSR count). The van der Waals surface area contributed by atoms with Gasteiger partial charge < -0.3 is 14.4 Å². The van der Waals surface area contributed by atoms with E-state index in [0.717, 1.165) is 60.3 Å². The van der Waals surface area contributed by atoms with E-state index in [-0.39, 0.29) is 0 Å². The molecule has 0 bridgehead atoms. The van der Waals surface area contributed by atoms with Crippen molar-refractivity contribution in [1.82, 2.24) is 4.90 Å². The van der Waals surface area contributed by atoms with Gasteiger partial charge >= 0.3 is 0 Å². The summed E-state index contributed by atoms with van der Waals surface area (Å²) in [6.07, 6.45) is 0. The van der Waals surface area contributed by atoms with Crippen LogP contribution in [0, 0.1) is 0 Å². The van der Waals surface area contributed by atoms with Gasteiger partial charge in [-0.2, -0.15) is 0 Å². The van der Waals surface area contributed by atoms with Crippen molar-refractivity contribution in [2.24, 2.45) is 0 Å². The highest BCUT2D eigenvalue weighted by atomic mass is 35.5. The predicted molar refractivity (Wildman–Crippen MR) is 127 cm³/mol. The van der Waals surface area contributed by atoms with E-state index in [4.69, 9.17) is 32.7 Å². The average molecular weight is 457 g/mol. The fraction of sp³-hybridized carbons (Fsp3) is 0.280. The van der Waals surface area contributed by atoms with E-state index >= 15 is 0 Å². The van der Waals surface area contributed by atoms with Gasteiger partial charge in [-0.25, -0.2) is 0 Å². The second-order valence-corrected chi connectivity index (χ2v) is 8.27. The van der Waals surface area contributed by atoms with Crippen LogP contribution in [0.3, 0.4) is 0 Å². The number of alkyl halides is 1. The largest absolute Gasteiger partial charge is 0.450 e. The van der Waals surface area contributed by atoms with Gasteiger partial charge in [0.15, 0.2) is 0 Å². The summed E-state index contributed by atoms with van der Waals surface area (Å²) in [6.45, 7) is 4.98. The molecule has 0 radical (unpaired) electrons. The highest BCUT2D eigenvalue weighted by Gasteiger charge is 2.20. The number of para-hydroxylation sites is 2. The molecule has 1 saturated heterocycles. The van der Waals surface area contributed by atoms with Crippen LogP contribution in [0.25, 0.3) is 0 Å². The zero-order valence-electron chi connectivity index (χ0n) is 17.3. The van der Waals surface area contributed by atoms with Crippen LogP contribution < -0.4 is 9.64 Å². The first-order valence-electron chi connectivity index (χ1n) is 10.4. The minimum absolute atomic E-state index is 0.404. The van der Waals surface area contributed by atoms with Crippen LogP contribution in [0.5, 0.6) is 5.75 Å². The van der Waals surface area contributed by atoms with Crippen LogP contribution >= 0.6 is 23.2 Å². The lowest BCUT2D eigenvalue weighted by Crippen LogP contribution is -2.46. The highest BCUT2D eigenvalue weighted by Crippen LogP contribution is 2.27. The zero-order chi connectivity index (χ0) is 21.5. The molecule has 0 spiro atoms. The van der Waals surface area contributed by atoms with Crippen LogP contribution in [-0.2, 0) is 17.9 Å². The van der Waals surface area contributed by atoms with Gasteiger partial charge in [-0.15, -0.1) is 0 Å². The van der Waals surface area contributed by atoms with E-state index in [0.29, 0.717) is 6.61 Å². The number of halogens is 2. The standard InChI is InChI=1S/C25H26Cl2N2O2/c26-22-11-5-6-12-23(22)29-16-14-28(15-17-29)18-21-10-4-7-13-24(21)31-25(27)30-19-20-8-2-1-3-9-20/h1-13,25H,14-19H2. The molecule has 0 aromatic heterocycles. The Labute approximate surface area is 193 Å². The zero-order valence-corrected chi connectivity index (χ0v) is 18.8. The Hall–Kier alpha value is -2.24. The summed E-state index contributed by atoms with van der Waals surface area (Å²) in [5.74, 6) is -0.0949. The Morgan fingerprint density at radius 2 is 1.48 bits per heavy atom. The molecule has 3 aromatic rings. The van der Waals surface area contributed by atoms with Crippen LogP contribution in [0.15, 0.2) is 78.9 Å². The molecule has 6 heteroatoms. The predicted octanol–water partition coefficient (Wildman–Crippen LogP) is 5.78. The summed E-state index contributed by atoms with van der Waals surface area (Å²) in [5, 5.41) is 0.804. The summed E-state index contributed by atoms with van der Waals surface area (Å²) >= 11 is 12.7. The second-order valence-electron chi connectivity index (χ2n) is 7.51. The summed E-state index contributed by atoms with van der Waals surface area (Å²) in [7, 11) is 0. The fourth-order valence-electron chi connectivity index (χ4n) is 3.72. The van der Waals surface area contributed by atoms with Gasteiger partial charge in [-0.3, -0.25) is 4.90 Å². The Balaban J connectivity index is 1.31. The lowest BCUT2D eigenvalue weighted by molar-refractivity contribution is -0.0314. The molecule has 31 heavy (non-hydrogen) atoms. The Bertz CT molecular complexity index is 963. The van der Waals surface area contributed by atoms with E-state index in [1.807, 2.05) is 66.7 Å². The number of rotatable bonds is 8. The highest BCUT2D eigenvalue weighted by molar-refractivity contribution is 6.33. The SMILES string of the molecule is Clc1ccccc1N1CCN(Cc2ccccc2OC(Cl)OCc2ccccc2)CC1. The van der Waals surface area contributed by atoms with Crippen molar-refractivity contribution in [3.63, 3.8) is 0 Å². The number of benzene rings is 3. The molecule has 0 amide bonds. The summed E-state index contributed by atoms with van der Waals surface area (Å²) in [6, 6.07) is 25.9. The van der Waals surface area contributed by atoms with Crippen molar-refractivity contribution >= 4 is 28.9 Å². The van der Waals surface area contributed by atoms with Crippen molar-refractivity contribution in [3.05, 3.63) is 95.0 Å². The van der Waals surface area contributed by atoms with Gasteiger partial charge in [-0.1, -0.05) is 72.3 Å². The molecule has 1 heterocycles. The van der Waals surface area contributed by atoms with Gasteiger partial charge in [0.1, 0.15) is 5.75 Å². The van der Waals surface area contributed by atoms with Gasteiger partial charge in [0.2, 0.25) is 0 Å². The maximum Gasteiger partial charge on any atom is 0.280 e. The molecule has 4 nitrogen and oxygen atoms in total. The van der Waals surface area contributed by atoms with Crippen molar-refractivity contribution in [2.75, 3.05) is 31.1 Å². The monoisotopic (exact) mass is 456 g/mol. The number of hydrogen-bond acceptors (Lipinski definition) is 4. The first-order valence-corrected chi connectivity index (χ1v) is 11.3. The second kappa shape index (κ2) is 10.9. The van der Waals surface area contributed by atoms with Crippen molar-refractivity contribution in [3.8, 4) is 5.75 Å². The molecule has 3 aromatic carbocycles. The first-order chi connectivity index (χ1) is 15.2. The molecule has 0 saturated carbocycles. The van der Waals surface area contributed by atoms with Crippen LogP contribution in [0.4, 0.5) is 5.69 Å². The molecular weight excluding hydrogens is 431 g/mol.